The quantitative estimate of drug-likeness (QED) is 0.579. The van der Waals surface area contributed by atoms with Crippen molar-refractivity contribution < 1.29 is 17.5 Å². The number of nitrogens with zero attached hydrogens (tertiary/aromatic N) is 3. The molecule has 2 N–H and O–H groups in total. The van der Waals surface area contributed by atoms with E-state index >= 15 is 0 Å². The summed E-state index contributed by atoms with van der Waals surface area (Å²) in [6, 6.07) is 14.1. The highest BCUT2D eigenvalue weighted by Crippen LogP contribution is 2.22. The first-order valence-corrected chi connectivity index (χ1v) is 11.4. The van der Waals surface area contributed by atoms with E-state index in [2.05, 4.69) is 25.1 Å². The molecular weight excluding hydrogens is 421 g/mol. The molecule has 1 aromatic heterocycles. The fourth-order valence-electron chi connectivity index (χ4n) is 3.20. The molecule has 1 fully saturated rings. The number of hydrogen-bond acceptors (Lipinski definition) is 7. The molecule has 162 valence electrons. The Balaban J connectivity index is 1.38. The van der Waals surface area contributed by atoms with Crippen LogP contribution in [-0.2, 0) is 20.5 Å². The lowest BCUT2D eigenvalue weighted by Crippen LogP contribution is -2.36. The summed E-state index contributed by atoms with van der Waals surface area (Å²) in [5.74, 6) is -0.0528. The Labute approximate surface area is 180 Å². The first kappa shape index (κ1) is 21.0. The minimum atomic E-state index is -3.62. The highest BCUT2D eigenvalue weighted by molar-refractivity contribution is 7.91. The fourth-order valence-corrected chi connectivity index (χ4v) is 4.40. The van der Waals surface area contributed by atoms with Crippen LogP contribution >= 0.6 is 0 Å². The maximum atomic E-state index is 13.0. The highest BCUT2D eigenvalue weighted by Gasteiger charge is 2.14. The number of morpholine rings is 1. The Morgan fingerprint density at radius 2 is 1.68 bits per heavy atom. The van der Waals surface area contributed by atoms with E-state index < -0.39 is 15.8 Å². The van der Waals surface area contributed by atoms with E-state index in [1.165, 1.54) is 24.3 Å². The number of hydrogen-bond donors (Lipinski definition) is 2. The Bertz CT molecular complexity index is 1120. The Morgan fingerprint density at radius 3 is 2.39 bits per heavy atom. The highest BCUT2D eigenvalue weighted by atomic mass is 32.2. The number of nitrogens with one attached hydrogen (secondary N) is 2. The van der Waals surface area contributed by atoms with Gasteiger partial charge in [0, 0.05) is 30.5 Å². The summed E-state index contributed by atoms with van der Waals surface area (Å²) in [7, 11) is -3.62. The van der Waals surface area contributed by atoms with Crippen molar-refractivity contribution in [3.8, 4) is 0 Å². The molecule has 0 aliphatic carbocycles. The standard InChI is InChI=1S/C21H22FN5O3S/c22-17-3-1-16(2-4-17)15-31(28,29)26-19-7-5-18(6-8-19)24-21-13-20(14-23-25-21)27-9-11-30-12-10-27/h1-8,13-14,26H,9-12,15H2,(H,24,25). The van der Waals surface area contributed by atoms with Crippen LogP contribution in [0.2, 0.25) is 0 Å². The van der Waals surface area contributed by atoms with Gasteiger partial charge in [0.2, 0.25) is 10.0 Å². The Kier molecular flexibility index (Phi) is 6.28. The van der Waals surface area contributed by atoms with Crippen molar-refractivity contribution in [3.05, 3.63) is 72.2 Å². The third-order valence-corrected chi connectivity index (χ3v) is 5.98. The second kappa shape index (κ2) is 9.27. The predicted molar refractivity (Wildman–Crippen MR) is 117 cm³/mol. The van der Waals surface area contributed by atoms with E-state index in [-0.39, 0.29) is 5.75 Å². The van der Waals surface area contributed by atoms with Gasteiger partial charge < -0.3 is 15.0 Å². The van der Waals surface area contributed by atoms with Crippen molar-refractivity contribution in [3.63, 3.8) is 0 Å². The molecule has 0 atom stereocenters. The number of benzene rings is 2. The van der Waals surface area contributed by atoms with Gasteiger partial charge in [0.05, 0.1) is 30.9 Å². The zero-order valence-corrected chi connectivity index (χ0v) is 17.5. The van der Waals surface area contributed by atoms with Crippen LogP contribution in [-0.4, -0.2) is 44.9 Å². The lowest BCUT2D eigenvalue weighted by Gasteiger charge is -2.28. The summed E-state index contributed by atoms with van der Waals surface area (Å²) < 4.78 is 45.6. The molecule has 31 heavy (non-hydrogen) atoms. The first-order chi connectivity index (χ1) is 15.0. The van der Waals surface area contributed by atoms with Crippen molar-refractivity contribution in [2.24, 2.45) is 0 Å². The number of halogens is 1. The second-order valence-electron chi connectivity index (χ2n) is 7.09. The van der Waals surface area contributed by atoms with Gasteiger partial charge in [-0.25, -0.2) is 12.8 Å². The smallest absolute Gasteiger partial charge is 0.236 e. The van der Waals surface area contributed by atoms with Gasteiger partial charge in [0.15, 0.2) is 5.82 Å². The molecule has 2 aromatic carbocycles. The van der Waals surface area contributed by atoms with Crippen LogP contribution in [0.3, 0.4) is 0 Å². The molecule has 3 aromatic rings. The van der Waals surface area contributed by atoms with Gasteiger partial charge in [-0.3, -0.25) is 4.72 Å². The third-order valence-electron chi connectivity index (χ3n) is 4.72. The summed E-state index contributed by atoms with van der Waals surface area (Å²) in [6.07, 6.45) is 1.72. The van der Waals surface area contributed by atoms with Crippen LogP contribution in [0.1, 0.15) is 5.56 Å². The molecule has 0 bridgehead atoms. The van der Waals surface area contributed by atoms with E-state index in [1.807, 2.05) is 6.07 Å². The van der Waals surface area contributed by atoms with Crippen LogP contribution in [0, 0.1) is 5.82 Å². The molecule has 10 heteroatoms. The minimum absolute atomic E-state index is 0.239. The van der Waals surface area contributed by atoms with Crippen molar-refractivity contribution in [1.82, 2.24) is 10.2 Å². The number of aromatic nitrogens is 2. The minimum Gasteiger partial charge on any atom is -0.378 e. The maximum absolute atomic E-state index is 13.0. The van der Waals surface area contributed by atoms with Gasteiger partial charge in [-0.1, -0.05) is 12.1 Å². The zero-order chi connectivity index (χ0) is 21.7. The van der Waals surface area contributed by atoms with Crippen LogP contribution in [0.5, 0.6) is 0 Å². The van der Waals surface area contributed by atoms with E-state index in [0.29, 0.717) is 30.3 Å². The summed E-state index contributed by atoms with van der Waals surface area (Å²) in [6.45, 7) is 2.98. The molecular formula is C21H22FN5O3S. The normalized spacial score (nSPS) is 14.3. The number of sulfonamides is 1. The molecule has 0 spiro atoms. The van der Waals surface area contributed by atoms with Crippen molar-refractivity contribution in [2.75, 3.05) is 41.2 Å². The molecule has 2 heterocycles. The monoisotopic (exact) mass is 443 g/mol. The average Bonchev–Trinajstić information content (AvgIpc) is 2.77. The van der Waals surface area contributed by atoms with Crippen LogP contribution < -0.4 is 14.9 Å². The zero-order valence-electron chi connectivity index (χ0n) is 16.7. The van der Waals surface area contributed by atoms with Gasteiger partial charge >= 0.3 is 0 Å². The summed E-state index contributed by atoms with van der Waals surface area (Å²) in [5.41, 5.74) is 2.65. The SMILES string of the molecule is O=S(=O)(Cc1ccc(F)cc1)Nc1ccc(Nc2cc(N3CCOCC3)cnn2)cc1. The van der Waals surface area contributed by atoms with E-state index in [1.54, 1.807) is 30.5 Å². The second-order valence-corrected chi connectivity index (χ2v) is 8.81. The van der Waals surface area contributed by atoms with E-state index in [9.17, 15) is 12.8 Å². The molecule has 0 saturated carbocycles. The first-order valence-electron chi connectivity index (χ1n) is 9.74. The van der Waals surface area contributed by atoms with Crippen LogP contribution in [0.25, 0.3) is 0 Å². The summed E-state index contributed by atoms with van der Waals surface area (Å²) in [4.78, 5) is 2.18. The van der Waals surface area contributed by atoms with E-state index in [0.717, 1.165) is 24.5 Å². The largest absolute Gasteiger partial charge is 0.378 e. The molecule has 4 rings (SSSR count). The van der Waals surface area contributed by atoms with Gasteiger partial charge in [-0.15, -0.1) is 5.10 Å². The van der Waals surface area contributed by atoms with Crippen molar-refractivity contribution in [1.29, 1.82) is 0 Å². The van der Waals surface area contributed by atoms with Crippen molar-refractivity contribution in [2.45, 2.75) is 5.75 Å². The predicted octanol–water partition coefficient (Wildman–Crippen LogP) is 3.14. The van der Waals surface area contributed by atoms with Crippen LogP contribution in [0.4, 0.5) is 27.3 Å². The third kappa shape index (κ3) is 5.89. The van der Waals surface area contributed by atoms with Gasteiger partial charge in [-0.2, -0.15) is 5.10 Å². The summed E-state index contributed by atoms with van der Waals surface area (Å²) in [5, 5.41) is 11.3. The topological polar surface area (TPSA) is 96.5 Å². The molecule has 1 aliphatic rings. The molecule has 0 unspecified atom stereocenters. The van der Waals surface area contributed by atoms with Gasteiger partial charge in [0.1, 0.15) is 5.82 Å². The summed E-state index contributed by atoms with van der Waals surface area (Å²) >= 11 is 0. The maximum Gasteiger partial charge on any atom is 0.236 e. The molecule has 0 radical (unpaired) electrons. The molecule has 1 aliphatic heterocycles. The Morgan fingerprint density at radius 1 is 1.00 bits per heavy atom. The molecule has 8 nitrogen and oxygen atoms in total. The lowest BCUT2D eigenvalue weighted by atomic mass is 10.2. The van der Waals surface area contributed by atoms with Gasteiger partial charge in [-0.05, 0) is 42.0 Å². The van der Waals surface area contributed by atoms with Crippen LogP contribution in [0.15, 0.2) is 60.8 Å². The average molecular weight is 444 g/mol. The number of anilines is 4. The number of rotatable bonds is 7. The molecule has 1 saturated heterocycles. The van der Waals surface area contributed by atoms with Crippen molar-refractivity contribution >= 4 is 32.9 Å². The fraction of sp³-hybridized carbons (Fsp3) is 0.238. The van der Waals surface area contributed by atoms with Gasteiger partial charge in [0.25, 0.3) is 0 Å². The Hall–Kier alpha value is -3.24. The molecule has 0 amide bonds. The lowest BCUT2D eigenvalue weighted by molar-refractivity contribution is 0.122. The van der Waals surface area contributed by atoms with E-state index in [4.69, 9.17) is 4.74 Å². The number of ether oxygens (including phenoxy) is 1.